The number of nitrogens with one attached hydrogen (secondary N) is 1. The van der Waals surface area contributed by atoms with E-state index in [0.717, 1.165) is 0 Å². The highest BCUT2D eigenvalue weighted by Gasteiger charge is 2.09. The largest absolute Gasteiger partial charge is 0.465 e. The van der Waals surface area contributed by atoms with Crippen molar-refractivity contribution in [3.63, 3.8) is 0 Å². The molecule has 0 saturated heterocycles. The van der Waals surface area contributed by atoms with Crippen LogP contribution in [0, 0.1) is 0 Å². The molecule has 0 spiro atoms. The van der Waals surface area contributed by atoms with E-state index in [2.05, 4.69) is 20.1 Å². The molecular weight excluding hydrogens is 220 g/mol. The van der Waals surface area contributed by atoms with Gasteiger partial charge in [0, 0.05) is 16.6 Å². The molecule has 0 aliphatic heterocycles. The molecule has 90 valence electrons. The molecule has 0 aliphatic rings. The molecule has 1 N–H and O–H groups in total. The SMILES string of the molecule is COC(=O)c1ccc(NC(C)C)c(N=[N+]=[N-])c1. The maximum Gasteiger partial charge on any atom is 0.337 e. The van der Waals surface area contributed by atoms with E-state index in [0.29, 0.717) is 16.9 Å². The lowest BCUT2D eigenvalue weighted by molar-refractivity contribution is 0.0601. The molecule has 1 aromatic rings. The topological polar surface area (TPSA) is 87.1 Å². The average molecular weight is 234 g/mol. The fourth-order valence-electron chi connectivity index (χ4n) is 1.34. The first-order valence-corrected chi connectivity index (χ1v) is 5.12. The van der Waals surface area contributed by atoms with Crippen molar-refractivity contribution in [3.8, 4) is 0 Å². The lowest BCUT2D eigenvalue weighted by Crippen LogP contribution is -2.10. The van der Waals surface area contributed by atoms with E-state index >= 15 is 0 Å². The van der Waals surface area contributed by atoms with Gasteiger partial charge in [0.25, 0.3) is 0 Å². The van der Waals surface area contributed by atoms with Crippen molar-refractivity contribution in [2.24, 2.45) is 5.11 Å². The van der Waals surface area contributed by atoms with Crippen molar-refractivity contribution in [2.75, 3.05) is 12.4 Å². The van der Waals surface area contributed by atoms with Crippen LogP contribution in [0.2, 0.25) is 0 Å². The number of carbonyl (C=O) groups excluding carboxylic acids is 1. The fraction of sp³-hybridized carbons (Fsp3) is 0.364. The van der Waals surface area contributed by atoms with Crippen molar-refractivity contribution < 1.29 is 9.53 Å². The van der Waals surface area contributed by atoms with E-state index in [1.165, 1.54) is 13.2 Å². The maximum absolute atomic E-state index is 11.3. The van der Waals surface area contributed by atoms with Gasteiger partial charge in [-0.1, -0.05) is 5.11 Å². The third kappa shape index (κ3) is 3.39. The predicted molar refractivity (Wildman–Crippen MR) is 65.3 cm³/mol. The van der Waals surface area contributed by atoms with Gasteiger partial charge in [0.15, 0.2) is 0 Å². The Morgan fingerprint density at radius 2 is 2.24 bits per heavy atom. The number of methoxy groups -OCH3 is 1. The molecule has 0 amide bonds. The molecule has 0 saturated carbocycles. The molecule has 1 rings (SSSR count). The number of benzene rings is 1. The molecule has 0 aliphatic carbocycles. The predicted octanol–water partition coefficient (Wildman–Crippen LogP) is 3.24. The van der Waals surface area contributed by atoms with Crippen LogP contribution < -0.4 is 5.32 Å². The maximum atomic E-state index is 11.3. The summed E-state index contributed by atoms with van der Waals surface area (Å²) in [5.41, 5.74) is 9.89. The van der Waals surface area contributed by atoms with Gasteiger partial charge in [-0.15, -0.1) is 0 Å². The Hall–Kier alpha value is -2.20. The summed E-state index contributed by atoms with van der Waals surface area (Å²) in [5, 5.41) is 6.67. The van der Waals surface area contributed by atoms with Crippen LogP contribution in [-0.2, 0) is 4.74 Å². The Morgan fingerprint density at radius 1 is 1.53 bits per heavy atom. The van der Waals surface area contributed by atoms with Crippen LogP contribution in [0.1, 0.15) is 24.2 Å². The Balaban J connectivity index is 3.16. The summed E-state index contributed by atoms with van der Waals surface area (Å²) >= 11 is 0. The van der Waals surface area contributed by atoms with E-state index in [4.69, 9.17) is 5.53 Å². The van der Waals surface area contributed by atoms with E-state index in [1.807, 2.05) is 13.8 Å². The van der Waals surface area contributed by atoms with Crippen molar-refractivity contribution in [1.29, 1.82) is 0 Å². The molecule has 0 aromatic heterocycles. The van der Waals surface area contributed by atoms with Crippen molar-refractivity contribution in [3.05, 3.63) is 34.2 Å². The van der Waals surface area contributed by atoms with Crippen LogP contribution in [0.15, 0.2) is 23.3 Å². The third-order valence-electron chi connectivity index (χ3n) is 2.02. The lowest BCUT2D eigenvalue weighted by Gasteiger charge is -2.13. The molecule has 0 atom stereocenters. The van der Waals surface area contributed by atoms with Gasteiger partial charge in [0.05, 0.1) is 18.4 Å². The molecule has 17 heavy (non-hydrogen) atoms. The Morgan fingerprint density at radius 3 is 2.76 bits per heavy atom. The van der Waals surface area contributed by atoms with Crippen molar-refractivity contribution >= 4 is 17.3 Å². The van der Waals surface area contributed by atoms with Gasteiger partial charge in [0.1, 0.15) is 0 Å². The minimum absolute atomic E-state index is 0.201. The average Bonchev–Trinajstić information content (AvgIpc) is 2.30. The minimum Gasteiger partial charge on any atom is -0.465 e. The lowest BCUT2D eigenvalue weighted by atomic mass is 10.1. The first kappa shape index (κ1) is 12.9. The summed E-state index contributed by atoms with van der Waals surface area (Å²) in [5.74, 6) is -0.463. The first-order valence-electron chi connectivity index (χ1n) is 5.12. The second-order valence-electron chi connectivity index (χ2n) is 3.71. The van der Waals surface area contributed by atoms with Gasteiger partial charge < -0.3 is 10.1 Å². The second-order valence-corrected chi connectivity index (χ2v) is 3.71. The van der Waals surface area contributed by atoms with E-state index in [9.17, 15) is 4.79 Å². The smallest absolute Gasteiger partial charge is 0.337 e. The monoisotopic (exact) mass is 234 g/mol. The Kier molecular flexibility index (Phi) is 4.37. The van der Waals surface area contributed by atoms with Crippen LogP contribution in [0.5, 0.6) is 0 Å². The second kappa shape index (κ2) is 5.77. The zero-order valence-corrected chi connectivity index (χ0v) is 9.97. The molecule has 1 aromatic carbocycles. The molecule has 6 nitrogen and oxygen atoms in total. The summed E-state index contributed by atoms with van der Waals surface area (Å²) in [6, 6.07) is 5.01. The van der Waals surface area contributed by atoms with Gasteiger partial charge >= 0.3 is 5.97 Å². The fourth-order valence-corrected chi connectivity index (χ4v) is 1.34. The summed E-state index contributed by atoms with van der Waals surface area (Å²) in [4.78, 5) is 14.1. The summed E-state index contributed by atoms with van der Waals surface area (Å²) in [7, 11) is 1.30. The number of ether oxygens (including phenoxy) is 1. The normalized spacial score (nSPS) is 9.65. The molecule has 0 unspecified atom stereocenters. The van der Waals surface area contributed by atoms with E-state index in [1.54, 1.807) is 12.1 Å². The van der Waals surface area contributed by atoms with Gasteiger partial charge in [0.2, 0.25) is 0 Å². The highest BCUT2D eigenvalue weighted by Crippen LogP contribution is 2.27. The molecule has 6 heteroatoms. The van der Waals surface area contributed by atoms with Gasteiger partial charge in [-0.05, 0) is 37.6 Å². The third-order valence-corrected chi connectivity index (χ3v) is 2.02. The number of rotatable bonds is 4. The Labute approximate surface area is 99.2 Å². The number of azide groups is 1. The zero-order chi connectivity index (χ0) is 12.8. The molecule has 0 fully saturated rings. The zero-order valence-electron chi connectivity index (χ0n) is 9.97. The molecule has 0 radical (unpaired) electrons. The highest BCUT2D eigenvalue weighted by molar-refractivity contribution is 5.91. The van der Waals surface area contributed by atoms with Crippen molar-refractivity contribution in [1.82, 2.24) is 0 Å². The quantitative estimate of drug-likeness (QED) is 0.375. The van der Waals surface area contributed by atoms with Crippen molar-refractivity contribution in [2.45, 2.75) is 19.9 Å². The van der Waals surface area contributed by atoms with E-state index in [-0.39, 0.29) is 6.04 Å². The van der Waals surface area contributed by atoms with Crippen LogP contribution in [0.4, 0.5) is 11.4 Å². The minimum atomic E-state index is -0.463. The molecule has 0 bridgehead atoms. The summed E-state index contributed by atoms with van der Waals surface area (Å²) in [6.45, 7) is 3.93. The standard InChI is InChI=1S/C11H14N4O2/c1-7(2)13-9-5-4-8(11(16)17-3)6-10(9)14-15-12/h4-7,13H,1-3H3. The Bertz CT molecular complexity index is 465. The van der Waals surface area contributed by atoms with Crippen LogP contribution in [0.3, 0.4) is 0 Å². The summed E-state index contributed by atoms with van der Waals surface area (Å²) in [6.07, 6.45) is 0. The first-order chi connectivity index (χ1) is 8.08. The highest BCUT2D eigenvalue weighted by atomic mass is 16.5. The summed E-state index contributed by atoms with van der Waals surface area (Å²) < 4.78 is 4.60. The number of hydrogen-bond donors (Lipinski definition) is 1. The molecular formula is C11H14N4O2. The number of anilines is 1. The van der Waals surface area contributed by atoms with Crippen LogP contribution >= 0.6 is 0 Å². The molecule has 0 heterocycles. The van der Waals surface area contributed by atoms with Crippen LogP contribution in [0.25, 0.3) is 10.4 Å². The number of nitrogens with zero attached hydrogens (tertiary/aromatic N) is 3. The number of esters is 1. The van der Waals surface area contributed by atoms with E-state index < -0.39 is 5.97 Å². The number of carbonyl (C=O) groups is 1. The number of hydrogen-bond acceptors (Lipinski definition) is 4. The van der Waals surface area contributed by atoms with Crippen LogP contribution in [-0.4, -0.2) is 19.1 Å². The van der Waals surface area contributed by atoms with Gasteiger partial charge in [-0.2, -0.15) is 0 Å². The van der Waals surface area contributed by atoms with Gasteiger partial charge in [-0.25, -0.2) is 4.79 Å². The van der Waals surface area contributed by atoms with Gasteiger partial charge in [-0.3, -0.25) is 0 Å².